The van der Waals surface area contributed by atoms with Crippen LogP contribution in [0.3, 0.4) is 0 Å². The Hall–Kier alpha value is -1.71. The number of amides is 1. The van der Waals surface area contributed by atoms with Crippen LogP contribution in [0.2, 0.25) is 0 Å². The van der Waals surface area contributed by atoms with Crippen LogP contribution in [0.4, 0.5) is 0 Å². The van der Waals surface area contributed by atoms with Crippen LogP contribution < -0.4 is 9.47 Å². The van der Waals surface area contributed by atoms with Crippen molar-refractivity contribution in [3.05, 3.63) is 23.8 Å². The summed E-state index contributed by atoms with van der Waals surface area (Å²) in [6.07, 6.45) is 4.72. The van der Waals surface area contributed by atoms with Gasteiger partial charge < -0.3 is 14.4 Å². The molecular weight excluding hydrogens is 254 g/mol. The van der Waals surface area contributed by atoms with Gasteiger partial charge in [0.15, 0.2) is 11.5 Å². The molecule has 0 aromatic heterocycles. The van der Waals surface area contributed by atoms with Crippen molar-refractivity contribution in [1.82, 2.24) is 4.90 Å². The molecule has 1 heterocycles. The fourth-order valence-corrected chi connectivity index (χ4v) is 3.13. The highest BCUT2D eigenvalue weighted by molar-refractivity contribution is 5.95. The van der Waals surface area contributed by atoms with Gasteiger partial charge in [0.05, 0.1) is 0 Å². The average molecular weight is 275 g/mol. The second-order valence-electron chi connectivity index (χ2n) is 5.39. The molecule has 1 aromatic rings. The maximum Gasteiger partial charge on any atom is 0.254 e. The predicted octanol–water partition coefficient (Wildman–Crippen LogP) is 2.86. The molecule has 0 saturated heterocycles. The Balaban J connectivity index is 1.81. The maximum absolute atomic E-state index is 12.7. The minimum absolute atomic E-state index is 0.108. The van der Waals surface area contributed by atoms with Crippen LogP contribution in [0.5, 0.6) is 11.5 Å². The third-order valence-corrected chi connectivity index (χ3v) is 4.16. The quantitative estimate of drug-likeness (QED) is 0.851. The zero-order valence-corrected chi connectivity index (χ0v) is 11.9. The number of benzene rings is 1. The van der Waals surface area contributed by atoms with Crippen molar-refractivity contribution in [2.45, 2.75) is 38.6 Å². The molecule has 0 bridgehead atoms. The first-order valence-corrected chi connectivity index (χ1v) is 7.50. The van der Waals surface area contributed by atoms with E-state index < -0.39 is 0 Å². The van der Waals surface area contributed by atoms with Gasteiger partial charge in [-0.1, -0.05) is 12.8 Å². The Bertz CT molecular complexity index is 494. The summed E-state index contributed by atoms with van der Waals surface area (Å²) in [7, 11) is 0. The summed E-state index contributed by atoms with van der Waals surface area (Å²) in [6, 6.07) is 5.90. The standard InChI is InChI=1S/C16H21NO3/c1-2-17(13-5-3-4-6-13)16(18)12-7-8-14-15(11-12)20-10-9-19-14/h7-8,11,13H,2-6,9-10H2,1H3. The molecule has 1 aliphatic heterocycles. The van der Waals surface area contributed by atoms with Crippen LogP contribution in [-0.4, -0.2) is 36.6 Å². The molecule has 4 nitrogen and oxygen atoms in total. The highest BCUT2D eigenvalue weighted by atomic mass is 16.6. The zero-order valence-electron chi connectivity index (χ0n) is 11.9. The molecule has 0 N–H and O–H groups in total. The van der Waals surface area contributed by atoms with Crippen molar-refractivity contribution in [1.29, 1.82) is 0 Å². The van der Waals surface area contributed by atoms with Gasteiger partial charge in [-0.3, -0.25) is 4.79 Å². The number of carbonyl (C=O) groups is 1. The number of nitrogens with zero attached hydrogens (tertiary/aromatic N) is 1. The van der Waals surface area contributed by atoms with E-state index in [0.717, 1.165) is 25.1 Å². The first kappa shape index (κ1) is 13.3. The average Bonchev–Trinajstić information content (AvgIpc) is 3.01. The van der Waals surface area contributed by atoms with Gasteiger partial charge in [-0.2, -0.15) is 0 Å². The lowest BCUT2D eigenvalue weighted by Crippen LogP contribution is -2.38. The topological polar surface area (TPSA) is 38.8 Å². The maximum atomic E-state index is 12.7. The third kappa shape index (κ3) is 2.47. The van der Waals surface area contributed by atoms with E-state index in [-0.39, 0.29) is 5.91 Å². The highest BCUT2D eigenvalue weighted by Gasteiger charge is 2.27. The van der Waals surface area contributed by atoms with E-state index in [1.807, 2.05) is 30.0 Å². The van der Waals surface area contributed by atoms with E-state index in [4.69, 9.17) is 9.47 Å². The monoisotopic (exact) mass is 275 g/mol. The Kier molecular flexibility index (Phi) is 3.81. The first-order valence-electron chi connectivity index (χ1n) is 7.50. The van der Waals surface area contributed by atoms with Gasteiger partial charge in [-0.25, -0.2) is 0 Å². The van der Waals surface area contributed by atoms with Gasteiger partial charge in [0, 0.05) is 18.2 Å². The summed E-state index contributed by atoms with van der Waals surface area (Å²) >= 11 is 0. The molecule has 0 radical (unpaired) electrons. The first-order chi connectivity index (χ1) is 9.79. The van der Waals surface area contributed by atoms with Crippen LogP contribution in [0.15, 0.2) is 18.2 Å². The Morgan fingerprint density at radius 2 is 1.90 bits per heavy atom. The van der Waals surface area contributed by atoms with E-state index in [9.17, 15) is 4.79 Å². The lowest BCUT2D eigenvalue weighted by Gasteiger charge is -2.28. The fraction of sp³-hybridized carbons (Fsp3) is 0.562. The number of carbonyl (C=O) groups excluding carboxylic acids is 1. The van der Waals surface area contributed by atoms with Gasteiger partial charge in [-0.15, -0.1) is 0 Å². The molecule has 0 unspecified atom stereocenters. The molecule has 3 rings (SSSR count). The molecule has 1 aliphatic carbocycles. The molecule has 20 heavy (non-hydrogen) atoms. The molecular formula is C16H21NO3. The van der Waals surface area contributed by atoms with Crippen LogP contribution in [0, 0.1) is 0 Å². The van der Waals surface area contributed by atoms with Crippen molar-refractivity contribution >= 4 is 5.91 Å². The van der Waals surface area contributed by atoms with Crippen molar-refractivity contribution in [2.75, 3.05) is 19.8 Å². The highest BCUT2D eigenvalue weighted by Crippen LogP contribution is 2.32. The largest absolute Gasteiger partial charge is 0.486 e. The lowest BCUT2D eigenvalue weighted by molar-refractivity contribution is 0.0692. The van der Waals surface area contributed by atoms with E-state index in [2.05, 4.69) is 0 Å². The van der Waals surface area contributed by atoms with Crippen LogP contribution in [-0.2, 0) is 0 Å². The van der Waals surface area contributed by atoms with Gasteiger partial charge >= 0.3 is 0 Å². The minimum Gasteiger partial charge on any atom is -0.486 e. The van der Waals surface area contributed by atoms with Crippen molar-refractivity contribution < 1.29 is 14.3 Å². The van der Waals surface area contributed by atoms with Gasteiger partial charge in [-0.05, 0) is 38.0 Å². The van der Waals surface area contributed by atoms with E-state index in [0.29, 0.717) is 30.6 Å². The number of rotatable bonds is 3. The Labute approximate surface area is 119 Å². The Morgan fingerprint density at radius 1 is 1.20 bits per heavy atom. The molecule has 1 fully saturated rings. The second-order valence-corrected chi connectivity index (χ2v) is 5.39. The van der Waals surface area contributed by atoms with Crippen molar-refractivity contribution in [3.63, 3.8) is 0 Å². The molecule has 0 spiro atoms. The van der Waals surface area contributed by atoms with Crippen molar-refractivity contribution in [2.24, 2.45) is 0 Å². The van der Waals surface area contributed by atoms with Gasteiger partial charge in [0.1, 0.15) is 13.2 Å². The number of hydrogen-bond acceptors (Lipinski definition) is 3. The molecule has 0 atom stereocenters. The van der Waals surface area contributed by atoms with Crippen LogP contribution >= 0.6 is 0 Å². The zero-order chi connectivity index (χ0) is 13.9. The number of hydrogen-bond donors (Lipinski definition) is 0. The predicted molar refractivity (Wildman–Crippen MR) is 76.4 cm³/mol. The smallest absolute Gasteiger partial charge is 0.254 e. The summed E-state index contributed by atoms with van der Waals surface area (Å²) in [4.78, 5) is 14.7. The normalized spacial score (nSPS) is 18.1. The summed E-state index contributed by atoms with van der Waals surface area (Å²) in [5.41, 5.74) is 0.697. The SMILES string of the molecule is CCN(C(=O)c1ccc2c(c1)OCCO2)C1CCCC1. The summed E-state index contributed by atoms with van der Waals surface area (Å²) in [6.45, 7) is 3.93. The summed E-state index contributed by atoms with van der Waals surface area (Å²) in [5, 5.41) is 0. The van der Waals surface area contributed by atoms with E-state index in [1.165, 1.54) is 12.8 Å². The summed E-state index contributed by atoms with van der Waals surface area (Å²) < 4.78 is 11.1. The molecule has 2 aliphatic rings. The molecule has 1 amide bonds. The Morgan fingerprint density at radius 3 is 2.60 bits per heavy atom. The van der Waals surface area contributed by atoms with Gasteiger partial charge in [0.25, 0.3) is 5.91 Å². The molecule has 1 aromatic carbocycles. The minimum atomic E-state index is 0.108. The lowest BCUT2D eigenvalue weighted by atomic mass is 10.1. The molecule has 108 valence electrons. The second kappa shape index (κ2) is 5.73. The third-order valence-electron chi connectivity index (χ3n) is 4.16. The number of ether oxygens (including phenoxy) is 2. The molecule has 4 heteroatoms. The summed E-state index contributed by atoms with van der Waals surface area (Å²) in [5.74, 6) is 1.53. The number of fused-ring (bicyclic) bond motifs is 1. The fourth-order valence-electron chi connectivity index (χ4n) is 3.13. The molecule has 1 saturated carbocycles. The van der Waals surface area contributed by atoms with E-state index >= 15 is 0 Å². The van der Waals surface area contributed by atoms with Crippen LogP contribution in [0.25, 0.3) is 0 Å². The van der Waals surface area contributed by atoms with Gasteiger partial charge in [0.2, 0.25) is 0 Å². The van der Waals surface area contributed by atoms with E-state index in [1.54, 1.807) is 0 Å². The van der Waals surface area contributed by atoms with Crippen molar-refractivity contribution in [3.8, 4) is 11.5 Å². The van der Waals surface area contributed by atoms with Crippen LogP contribution in [0.1, 0.15) is 43.0 Å².